The van der Waals surface area contributed by atoms with Crippen LogP contribution in [0.3, 0.4) is 0 Å². The molecule has 108 valence electrons. The van der Waals surface area contributed by atoms with E-state index in [1.807, 2.05) is 13.0 Å². The van der Waals surface area contributed by atoms with Crippen LogP contribution < -0.4 is 10.0 Å². The third kappa shape index (κ3) is 3.89. The molecule has 2 heterocycles. The van der Waals surface area contributed by atoms with E-state index >= 15 is 0 Å². The minimum Gasteiger partial charge on any atom is -0.363 e. The summed E-state index contributed by atoms with van der Waals surface area (Å²) in [5, 5.41) is 3.13. The van der Waals surface area contributed by atoms with E-state index in [1.165, 1.54) is 6.20 Å². The standard InChI is InChI=1S/C13H18N4O2S/c1-2-14-9-12-6-13(10-16-12)20(18,19)17-8-11-4-3-5-15-7-11/h3-7,10,14,16-17H,2,8-9H2,1H3. The molecule has 0 fully saturated rings. The molecule has 0 aliphatic heterocycles. The number of sulfonamides is 1. The second-order valence-electron chi connectivity index (χ2n) is 4.33. The van der Waals surface area contributed by atoms with Crippen molar-refractivity contribution in [3.63, 3.8) is 0 Å². The molecular formula is C13H18N4O2S. The van der Waals surface area contributed by atoms with E-state index in [0.29, 0.717) is 6.54 Å². The fourth-order valence-electron chi connectivity index (χ4n) is 1.70. The first-order valence-corrected chi connectivity index (χ1v) is 7.86. The first-order valence-electron chi connectivity index (χ1n) is 6.38. The lowest BCUT2D eigenvalue weighted by Gasteiger charge is -2.04. The Hall–Kier alpha value is -1.70. The molecule has 7 heteroatoms. The zero-order valence-electron chi connectivity index (χ0n) is 11.3. The number of H-pyrrole nitrogens is 1. The Morgan fingerprint density at radius 1 is 1.35 bits per heavy atom. The lowest BCUT2D eigenvalue weighted by atomic mass is 10.3. The van der Waals surface area contributed by atoms with Gasteiger partial charge in [-0.2, -0.15) is 0 Å². The number of hydrogen-bond donors (Lipinski definition) is 3. The van der Waals surface area contributed by atoms with Crippen molar-refractivity contribution in [1.29, 1.82) is 0 Å². The van der Waals surface area contributed by atoms with Crippen LogP contribution in [0.15, 0.2) is 41.7 Å². The van der Waals surface area contributed by atoms with Crippen molar-refractivity contribution in [1.82, 2.24) is 20.0 Å². The summed E-state index contributed by atoms with van der Waals surface area (Å²) in [7, 11) is -3.50. The van der Waals surface area contributed by atoms with Gasteiger partial charge in [0.25, 0.3) is 0 Å². The molecule has 0 aliphatic carbocycles. The van der Waals surface area contributed by atoms with Crippen LogP contribution in [0.4, 0.5) is 0 Å². The molecule has 3 N–H and O–H groups in total. The van der Waals surface area contributed by atoms with Gasteiger partial charge in [0.2, 0.25) is 10.0 Å². The Bertz CT molecular complexity index is 637. The quantitative estimate of drug-likeness (QED) is 0.711. The van der Waals surface area contributed by atoms with Crippen molar-refractivity contribution < 1.29 is 8.42 Å². The number of aromatic amines is 1. The van der Waals surface area contributed by atoms with Crippen LogP contribution in [0, 0.1) is 0 Å². The van der Waals surface area contributed by atoms with Gasteiger partial charge in [-0.25, -0.2) is 13.1 Å². The van der Waals surface area contributed by atoms with Crippen molar-refractivity contribution in [2.75, 3.05) is 6.54 Å². The molecule has 6 nitrogen and oxygen atoms in total. The molecule has 0 amide bonds. The zero-order valence-corrected chi connectivity index (χ0v) is 12.1. The van der Waals surface area contributed by atoms with E-state index in [-0.39, 0.29) is 11.4 Å². The molecule has 0 saturated carbocycles. The predicted octanol–water partition coefficient (Wildman–Crippen LogP) is 0.998. The molecule has 2 aromatic rings. The highest BCUT2D eigenvalue weighted by Crippen LogP contribution is 2.11. The fraction of sp³-hybridized carbons (Fsp3) is 0.308. The Balaban J connectivity index is 2.01. The predicted molar refractivity (Wildman–Crippen MR) is 76.4 cm³/mol. The van der Waals surface area contributed by atoms with E-state index in [2.05, 4.69) is 20.0 Å². The van der Waals surface area contributed by atoms with E-state index in [4.69, 9.17) is 0 Å². The molecule has 20 heavy (non-hydrogen) atoms. The number of aromatic nitrogens is 2. The average Bonchev–Trinajstić information content (AvgIpc) is 2.94. The van der Waals surface area contributed by atoms with Crippen molar-refractivity contribution in [2.45, 2.75) is 24.9 Å². The van der Waals surface area contributed by atoms with Gasteiger partial charge in [0, 0.05) is 37.4 Å². The number of hydrogen-bond acceptors (Lipinski definition) is 4. The van der Waals surface area contributed by atoms with Crippen LogP contribution in [-0.4, -0.2) is 24.9 Å². The highest BCUT2D eigenvalue weighted by Gasteiger charge is 2.15. The van der Waals surface area contributed by atoms with E-state index < -0.39 is 10.0 Å². The van der Waals surface area contributed by atoms with Gasteiger partial charge in [-0.3, -0.25) is 4.98 Å². The topological polar surface area (TPSA) is 86.9 Å². The summed E-state index contributed by atoms with van der Waals surface area (Å²) >= 11 is 0. The van der Waals surface area contributed by atoms with Gasteiger partial charge in [-0.1, -0.05) is 13.0 Å². The first-order chi connectivity index (χ1) is 9.62. The highest BCUT2D eigenvalue weighted by molar-refractivity contribution is 7.89. The van der Waals surface area contributed by atoms with Gasteiger partial charge in [0.1, 0.15) is 0 Å². The Morgan fingerprint density at radius 2 is 2.20 bits per heavy atom. The van der Waals surface area contributed by atoms with Crippen LogP contribution in [0.1, 0.15) is 18.2 Å². The van der Waals surface area contributed by atoms with Crippen molar-refractivity contribution in [3.8, 4) is 0 Å². The number of nitrogens with one attached hydrogen (secondary N) is 3. The van der Waals surface area contributed by atoms with Crippen LogP contribution >= 0.6 is 0 Å². The third-order valence-electron chi connectivity index (χ3n) is 2.78. The molecule has 2 rings (SSSR count). The van der Waals surface area contributed by atoms with Gasteiger partial charge in [-0.15, -0.1) is 0 Å². The molecule has 0 atom stereocenters. The van der Waals surface area contributed by atoms with Crippen molar-refractivity contribution >= 4 is 10.0 Å². The van der Waals surface area contributed by atoms with Crippen LogP contribution in [0.25, 0.3) is 0 Å². The molecule has 0 aliphatic rings. The third-order valence-corrected chi connectivity index (χ3v) is 4.16. The van der Waals surface area contributed by atoms with Gasteiger partial charge in [-0.05, 0) is 24.2 Å². The normalized spacial score (nSPS) is 11.7. The lowest BCUT2D eigenvalue weighted by molar-refractivity contribution is 0.581. The largest absolute Gasteiger partial charge is 0.363 e. The summed E-state index contributed by atoms with van der Waals surface area (Å²) in [6, 6.07) is 5.23. The summed E-state index contributed by atoms with van der Waals surface area (Å²) < 4.78 is 26.8. The minimum absolute atomic E-state index is 0.226. The molecule has 2 aromatic heterocycles. The van der Waals surface area contributed by atoms with Crippen LogP contribution in [0.2, 0.25) is 0 Å². The summed E-state index contributed by atoms with van der Waals surface area (Å²) in [5.74, 6) is 0. The van der Waals surface area contributed by atoms with E-state index in [0.717, 1.165) is 17.8 Å². The fourth-order valence-corrected chi connectivity index (χ4v) is 2.73. The van der Waals surface area contributed by atoms with Gasteiger partial charge < -0.3 is 10.3 Å². The molecular weight excluding hydrogens is 276 g/mol. The molecule has 0 saturated heterocycles. The number of rotatable bonds is 7. The van der Waals surface area contributed by atoms with Crippen LogP contribution in [-0.2, 0) is 23.1 Å². The van der Waals surface area contributed by atoms with E-state index in [1.54, 1.807) is 24.5 Å². The maximum atomic E-state index is 12.1. The highest BCUT2D eigenvalue weighted by atomic mass is 32.2. The Morgan fingerprint density at radius 3 is 2.90 bits per heavy atom. The smallest absolute Gasteiger partial charge is 0.242 e. The maximum absolute atomic E-state index is 12.1. The Kier molecular flexibility index (Phi) is 4.89. The SMILES string of the molecule is CCNCc1cc(S(=O)(=O)NCc2cccnc2)c[nH]1. The molecule has 0 bridgehead atoms. The molecule has 0 radical (unpaired) electrons. The Labute approximate surface area is 118 Å². The van der Waals surface area contributed by atoms with Gasteiger partial charge >= 0.3 is 0 Å². The molecule has 0 spiro atoms. The monoisotopic (exact) mass is 294 g/mol. The molecule has 0 unspecified atom stereocenters. The average molecular weight is 294 g/mol. The second-order valence-corrected chi connectivity index (χ2v) is 6.09. The number of nitrogens with zero attached hydrogens (tertiary/aromatic N) is 1. The maximum Gasteiger partial charge on any atom is 0.242 e. The summed E-state index contributed by atoms with van der Waals surface area (Å²) in [6.07, 6.45) is 4.78. The zero-order chi connectivity index (χ0) is 14.4. The van der Waals surface area contributed by atoms with Gasteiger partial charge in [0.05, 0.1) is 4.90 Å². The van der Waals surface area contributed by atoms with Crippen molar-refractivity contribution in [2.24, 2.45) is 0 Å². The summed E-state index contributed by atoms with van der Waals surface area (Å²) in [5.41, 5.74) is 1.66. The second kappa shape index (κ2) is 6.65. The summed E-state index contributed by atoms with van der Waals surface area (Å²) in [6.45, 7) is 3.68. The summed E-state index contributed by atoms with van der Waals surface area (Å²) in [4.78, 5) is 7.14. The van der Waals surface area contributed by atoms with E-state index in [9.17, 15) is 8.42 Å². The molecule has 0 aromatic carbocycles. The van der Waals surface area contributed by atoms with Crippen LogP contribution in [0.5, 0.6) is 0 Å². The minimum atomic E-state index is -3.50. The number of pyridine rings is 1. The van der Waals surface area contributed by atoms with Crippen molar-refractivity contribution in [3.05, 3.63) is 48.0 Å². The first kappa shape index (κ1) is 14.7. The lowest BCUT2D eigenvalue weighted by Crippen LogP contribution is -2.22. The van der Waals surface area contributed by atoms with Gasteiger partial charge in [0.15, 0.2) is 0 Å².